The van der Waals surface area contributed by atoms with Crippen molar-refractivity contribution in [2.45, 2.75) is 38.6 Å². The van der Waals surface area contributed by atoms with E-state index >= 15 is 0 Å². The third-order valence-electron chi connectivity index (χ3n) is 4.62. The SMILES string of the molecule is COc1cccc(CNC(=O)CCC(=O)c2ccc3c(c2)CCC3)c1. The number of hydrogen-bond donors (Lipinski definition) is 1. The Balaban J connectivity index is 1.47. The van der Waals surface area contributed by atoms with Gasteiger partial charge < -0.3 is 10.1 Å². The number of nitrogens with one attached hydrogen (secondary N) is 1. The van der Waals surface area contributed by atoms with Crippen LogP contribution in [0.25, 0.3) is 0 Å². The Morgan fingerprint density at radius 2 is 1.88 bits per heavy atom. The van der Waals surface area contributed by atoms with Crippen molar-refractivity contribution in [3.8, 4) is 5.75 Å². The van der Waals surface area contributed by atoms with Crippen LogP contribution in [0.3, 0.4) is 0 Å². The molecule has 0 saturated heterocycles. The molecular weight excluding hydrogens is 314 g/mol. The van der Waals surface area contributed by atoms with Crippen LogP contribution >= 0.6 is 0 Å². The van der Waals surface area contributed by atoms with Crippen molar-refractivity contribution < 1.29 is 14.3 Å². The van der Waals surface area contributed by atoms with E-state index in [1.54, 1.807) is 7.11 Å². The molecule has 2 aromatic rings. The fourth-order valence-corrected chi connectivity index (χ4v) is 3.19. The average Bonchev–Trinajstić information content (AvgIpc) is 3.12. The molecule has 4 nitrogen and oxygen atoms in total. The smallest absolute Gasteiger partial charge is 0.220 e. The first-order chi connectivity index (χ1) is 12.2. The highest BCUT2D eigenvalue weighted by Gasteiger charge is 2.14. The molecular formula is C21H23NO3. The van der Waals surface area contributed by atoms with Crippen molar-refractivity contribution in [3.05, 3.63) is 64.7 Å². The van der Waals surface area contributed by atoms with Gasteiger partial charge in [0.1, 0.15) is 5.75 Å². The molecule has 1 aliphatic carbocycles. The molecule has 0 unspecified atom stereocenters. The summed E-state index contributed by atoms with van der Waals surface area (Å²) in [6, 6.07) is 13.5. The quantitative estimate of drug-likeness (QED) is 0.787. The lowest BCUT2D eigenvalue weighted by Crippen LogP contribution is -2.23. The standard InChI is InChI=1S/C21H23NO3/c1-25-19-7-2-4-15(12-19)14-22-21(24)11-10-20(23)18-9-8-16-5-3-6-17(16)13-18/h2,4,7-9,12-13H,3,5-6,10-11,14H2,1H3,(H,22,24). The maximum atomic E-state index is 12.3. The van der Waals surface area contributed by atoms with E-state index in [0.717, 1.165) is 29.7 Å². The van der Waals surface area contributed by atoms with Gasteiger partial charge in [-0.2, -0.15) is 0 Å². The molecule has 1 aliphatic rings. The zero-order valence-corrected chi connectivity index (χ0v) is 14.5. The summed E-state index contributed by atoms with van der Waals surface area (Å²) >= 11 is 0. The average molecular weight is 337 g/mol. The molecule has 0 aromatic heterocycles. The molecule has 0 aliphatic heterocycles. The van der Waals surface area contributed by atoms with Crippen molar-refractivity contribution in [3.63, 3.8) is 0 Å². The molecule has 0 bridgehead atoms. The summed E-state index contributed by atoms with van der Waals surface area (Å²) in [5.74, 6) is 0.682. The Morgan fingerprint density at radius 1 is 1.04 bits per heavy atom. The van der Waals surface area contributed by atoms with E-state index in [9.17, 15) is 9.59 Å². The maximum absolute atomic E-state index is 12.3. The summed E-state index contributed by atoms with van der Waals surface area (Å²) in [5.41, 5.74) is 4.33. The van der Waals surface area contributed by atoms with Crippen molar-refractivity contribution >= 4 is 11.7 Å². The molecule has 3 rings (SSSR count). The molecule has 0 saturated carbocycles. The molecule has 1 N–H and O–H groups in total. The molecule has 0 heterocycles. The van der Waals surface area contributed by atoms with Crippen LogP contribution in [0, 0.1) is 0 Å². The van der Waals surface area contributed by atoms with E-state index in [0.29, 0.717) is 6.54 Å². The zero-order chi connectivity index (χ0) is 17.6. The number of ketones is 1. The van der Waals surface area contributed by atoms with Gasteiger partial charge in [-0.25, -0.2) is 0 Å². The number of fused-ring (bicyclic) bond motifs is 1. The number of amides is 1. The number of hydrogen-bond acceptors (Lipinski definition) is 3. The molecule has 0 atom stereocenters. The van der Waals surface area contributed by atoms with Crippen molar-refractivity contribution in [1.82, 2.24) is 5.32 Å². The Bertz CT molecular complexity index is 782. The van der Waals surface area contributed by atoms with Gasteiger partial charge in [0.15, 0.2) is 5.78 Å². The molecule has 0 radical (unpaired) electrons. The van der Waals surface area contributed by atoms with Crippen molar-refractivity contribution in [2.75, 3.05) is 7.11 Å². The minimum Gasteiger partial charge on any atom is -0.497 e. The van der Waals surface area contributed by atoms with Gasteiger partial charge in [0, 0.05) is 24.9 Å². The van der Waals surface area contributed by atoms with Crippen LogP contribution in [-0.4, -0.2) is 18.8 Å². The molecule has 130 valence electrons. The van der Waals surface area contributed by atoms with Crippen LogP contribution in [-0.2, 0) is 24.2 Å². The summed E-state index contributed by atoms with van der Waals surface area (Å²) in [6.45, 7) is 0.434. The van der Waals surface area contributed by atoms with E-state index in [2.05, 4.69) is 11.4 Å². The summed E-state index contributed by atoms with van der Waals surface area (Å²) < 4.78 is 5.16. The highest BCUT2D eigenvalue weighted by Crippen LogP contribution is 2.23. The molecule has 0 fully saturated rings. The number of carbonyl (C=O) groups is 2. The van der Waals surface area contributed by atoms with Gasteiger partial charge >= 0.3 is 0 Å². The van der Waals surface area contributed by atoms with Gasteiger partial charge in [0.2, 0.25) is 5.91 Å². The fourth-order valence-electron chi connectivity index (χ4n) is 3.19. The van der Waals surface area contributed by atoms with Gasteiger partial charge in [0.05, 0.1) is 7.11 Å². The molecule has 0 spiro atoms. The molecule has 4 heteroatoms. The largest absolute Gasteiger partial charge is 0.497 e. The zero-order valence-electron chi connectivity index (χ0n) is 14.5. The lowest BCUT2D eigenvalue weighted by molar-refractivity contribution is -0.121. The number of aryl methyl sites for hydroxylation is 2. The molecule has 2 aromatic carbocycles. The van der Waals surface area contributed by atoms with Crippen molar-refractivity contribution in [2.24, 2.45) is 0 Å². The predicted molar refractivity (Wildman–Crippen MR) is 96.9 cm³/mol. The molecule has 1 amide bonds. The number of rotatable bonds is 7. The second kappa shape index (κ2) is 7.97. The lowest BCUT2D eigenvalue weighted by Gasteiger charge is -2.07. The number of methoxy groups -OCH3 is 1. The van der Waals surface area contributed by atoms with Crippen LogP contribution in [0.1, 0.15) is 46.3 Å². The van der Waals surface area contributed by atoms with Crippen LogP contribution in [0.2, 0.25) is 0 Å². The highest BCUT2D eigenvalue weighted by molar-refractivity contribution is 5.98. The fraction of sp³-hybridized carbons (Fsp3) is 0.333. The monoisotopic (exact) mass is 337 g/mol. The Morgan fingerprint density at radius 3 is 2.72 bits per heavy atom. The number of benzene rings is 2. The summed E-state index contributed by atoms with van der Waals surface area (Å²) in [4.78, 5) is 24.3. The van der Waals surface area contributed by atoms with Gasteiger partial charge in [-0.1, -0.05) is 24.3 Å². The normalized spacial score (nSPS) is 12.5. The van der Waals surface area contributed by atoms with Crippen LogP contribution in [0.5, 0.6) is 5.75 Å². The van der Waals surface area contributed by atoms with E-state index in [1.807, 2.05) is 36.4 Å². The number of ether oxygens (including phenoxy) is 1. The molecule has 25 heavy (non-hydrogen) atoms. The lowest BCUT2D eigenvalue weighted by atomic mass is 10.0. The first-order valence-electron chi connectivity index (χ1n) is 8.70. The van der Waals surface area contributed by atoms with Crippen LogP contribution in [0.15, 0.2) is 42.5 Å². The predicted octanol–water partition coefficient (Wildman–Crippen LogP) is 3.46. The topological polar surface area (TPSA) is 55.4 Å². The van der Waals surface area contributed by atoms with Crippen molar-refractivity contribution in [1.29, 1.82) is 0 Å². The summed E-state index contributed by atoms with van der Waals surface area (Å²) in [7, 11) is 1.61. The summed E-state index contributed by atoms with van der Waals surface area (Å²) in [6.07, 6.45) is 3.77. The van der Waals surface area contributed by atoms with Crippen LogP contribution < -0.4 is 10.1 Å². The third-order valence-corrected chi connectivity index (χ3v) is 4.62. The summed E-state index contributed by atoms with van der Waals surface area (Å²) in [5, 5.41) is 2.85. The van der Waals surface area contributed by atoms with E-state index in [4.69, 9.17) is 4.74 Å². The first-order valence-corrected chi connectivity index (χ1v) is 8.70. The Kier molecular flexibility index (Phi) is 5.49. The van der Waals surface area contributed by atoms with E-state index < -0.39 is 0 Å². The second-order valence-corrected chi connectivity index (χ2v) is 6.39. The first kappa shape index (κ1) is 17.2. The Labute approximate surface area is 148 Å². The third kappa shape index (κ3) is 4.47. The Hall–Kier alpha value is -2.62. The van der Waals surface area contributed by atoms with E-state index in [-0.39, 0.29) is 24.5 Å². The maximum Gasteiger partial charge on any atom is 0.220 e. The van der Waals surface area contributed by atoms with Crippen LogP contribution in [0.4, 0.5) is 0 Å². The number of carbonyl (C=O) groups excluding carboxylic acids is 2. The van der Waals surface area contributed by atoms with Gasteiger partial charge in [-0.15, -0.1) is 0 Å². The minimum atomic E-state index is -0.114. The highest BCUT2D eigenvalue weighted by atomic mass is 16.5. The minimum absolute atomic E-state index is 0.0335. The van der Waals surface area contributed by atoms with E-state index in [1.165, 1.54) is 17.5 Å². The van der Waals surface area contributed by atoms with Gasteiger partial charge in [-0.05, 0) is 54.2 Å². The van der Waals surface area contributed by atoms with Gasteiger partial charge in [-0.3, -0.25) is 9.59 Å². The number of Topliss-reactive ketones (excluding diaryl/α,β-unsaturated/α-hetero) is 1. The second-order valence-electron chi connectivity index (χ2n) is 6.39. The van der Waals surface area contributed by atoms with Gasteiger partial charge in [0.25, 0.3) is 0 Å².